The van der Waals surface area contributed by atoms with Crippen molar-refractivity contribution in [3.8, 4) is 11.3 Å². The SMILES string of the molecule is Cc1cnc(Nc2cc(CN3CCOCC3)ns2)nc1-c1cnn(CC2(CF)CC2)c1. The van der Waals surface area contributed by atoms with Crippen LogP contribution in [0.15, 0.2) is 24.7 Å². The van der Waals surface area contributed by atoms with Crippen molar-refractivity contribution in [2.75, 3.05) is 38.3 Å². The lowest BCUT2D eigenvalue weighted by molar-refractivity contribution is 0.0338. The van der Waals surface area contributed by atoms with E-state index in [0.717, 1.165) is 73.2 Å². The molecule has 0 bridgehead atoms. The molecule has 0 unspecified atom stereocenters. The number of rotatable bonds is 8. The van der Waals surface area contributed by atoms with Crippen LogP contribution >= 0.6 is 11.5 Å². The zero-order chi connectivity index (χ0) is 21.3. The smallest absolute Gasteiger partial charge is 0.228 e. The monoisotopic (exact) mass is 443 g/mol. The molecule has 2 fully saturated rings. The first-order valence-corrected chi connectivity index (χ1v) is 11.3. The largest absolute Gasteiger partial charge is 0.379 e. The Morgan fingerprint density at radius 3 is 2.87 bits per heavy atom. The molecule has 164 valence electrons. The zero-order valence-corrected chi connectivity index (χ0v) is 18.4. The van der Waals surface area contributed by atoms with Gasteiger partial charge in [-0.1, -0.05) is 0 Å². The summed E-state index contributed by atoms with van der Waals surface area (Å²) >= 11 is 1.41. The first kappa shape index (κ1) is 20.5. The number of hydrogen-bond acceptors (Lipinski definition) is 8. The number of aryl methyl sites for hydroxylation is 1. The standard InChI is InChI=1S/C21H26FN7OS/c1-15-9-23-20(25-18-8-17(27-31-18)12-28-4-6-30-7-5-28)26-19(15)16-10-24-29(11-16)14-21(13-22)2-3-21/h8-11H,2-7,12-14H2,1H3,(H,23,25,26). The summed E-state index contributed by atoms with van der Waals surface area (Å²) in [7, 11) is 0. The Morgan fingerprint density at radius 2 is 2.10 bits per heavy atom. The van der Waals surface area contributed by atoms with Crippen LogP contribution in [0.1, 0.15) is 24.1 Å². The lowest BCUT2D eigenvalue weighted by Crippen LogP contribution is -2.35. The van der Waals surface area contributed by atoms with Gasteiger partial charge in [-0.3, -0.25) is 14.0 Å². The van der Waals surface area contributed by atoms with Gasteiger partial charge in [0.05, 0.1) is 37.5 Å². The molecule has 8 nitrogen and oxygen atoms in total. The summed E-state index contributed by atoms with van der Waals surface area (Å²) in [5.74, 6) is 0.525. The van der Waals surface area contributed by atoms with Gasteiger partial charge in [-0.05, 0) is 42.9 Å². The van der Waals surface area contributed by atoms with E-state index in [9.17, 15) is 4.39 Å². The lowest BCUT2D eigenvalue weighted by Gasteiger charge is -2.25. The van der Waals surface area contributed by atoms with Crippen LogP contribution < -0.4 is 5.32 Å². The molecule has 1 saturated carbocycles. The van der Waals surface area contributed by atoms with Gasteiger partial charge in [0, 0.05) is 49.6 Å². The fourth-order valence-corrected chi connectivity index (χ4v) is 4.42. The molecule has 31 heavy (non-hydrogen) atoms. The molecular formula is C21H26FN7OS. The third-order valence-electron chi connectivity index (χ3n) is 5.90. The molecule has 5 rings (SSSR count). The number of alkyl halides is 1. The second-order valence-corrected chi connectivity index (χ2v) is 9.29. The van der Waals surface area contributed by atoms with Crippen molar-refractivity contribution >= 4 is 22.5 Å². The molecular weight excluding hydrogens is 417 g/mol. The lowest BCUT2D eigenvalue weighted by atomic mass is 10.1. The molecule has 3 aromatic rings. The molecule has 1 aliphatic carbocycles. The second-order valence-electron chi connectivity index (χ2n) is 8.48. The third kappa shape index (κ3) is 4.76. The number of nitrogens with zero attached hydrogens (tertiary/aromatic N) is 6. The van der Waals surface area contributed by atoms with E-state index in [1.165, 1.54) is 11.5 Å². The van der Waals surface area contributed by atoms with E-state index >= 15 is 0 Å². The van der Waals surface area contributed by atoms with Gasteiger partial charge in [0.15, 0.2) is 0 Å². The Hall–Kier alpha value is -2.43. The number of morpholine rings is 1. The van der Waals surface area contributed by atoms with Crippen molar-refractivity contribution in [1.29, 1.82) is 0 Å². The van der Waals surface area contributed by atoms with Gasteiger partial charge in [0.2, 0.25) is 5.95 Å². The van der Waals surface area contributed by atoms with Gasteiger partial charge < -0.3 is 10.1 Å². The molecule has 4 heterocycles. The molecule has 1 saturated heterocycles. The molecule has 0 amide bonds. The number of anilines is 2. The summed E-state index contributed by atoms with van der Waals surface area (Å²) in [4.78, 5) is 11.5. The van der Waals surface area contributed by atoms with Crippen molar-refractivity contribution in [2.45, 2.75) is 32.9 Å². The highest BCUT2D eigenvalue weighted by Crippen LogP contribution is 2.47. The molecule has 0 atom stereocenters. The van der Waals surface area contributed by atoms with Crippen molar-refractivity contribution in [3.05, 3.63) is 35.9 Å². The van der Waals surface area contributed by atoms with Gasteiger partial charge in [0.1, 0.15) is 5.00 Å². The van der Waals surface area contributed by atoms with Gasteiger partial charge in [-0.2, -0.15) is 9.47 Å². The van der Waals surface area contributed by atoms with Crippen molar-refractivity contribution in [2.24, 2.45) is 5.41 Å². The summed E-state index contributed by atoms with van der Waals surface area (Å²) in [5.41, 5.74) is 3.53. The molecule has 1 aliphatic heterocycles. The topological polar surface area (TPSA) is 81.0 Å². The van der Waals surface area contributed by atoms with Crippen LogP contribution in [0.25, 0.3) is 11.3 Å². The molecule has 10 heteroatoms. The predicted octanol–water partition coefficient (Wildman–Crippen LogP) is 3.43. The summed E-state index contributed by atoms with van der Waals surface area (Å²) in [5, 5.41) is 8.61. The van der Waals surface area contributed by atoms with Gasteiger partial charge >= 0.3 is 0 Å². The van der Waals surface area contributed by atoms with Gasteiger partial charge in [-0.25, -0.2) is 9.97 Å². The first-order valence-electron chi connectivity index (χ1n) is 10.6. The highest BCUT2D eigenvalue weighted by molar-refractivity contribution is 7.10. The van der Waals surface area contributed by atoms with Crippen LogP contribution in [0.2, 0.25) is 0 Å². The van der Waals surface area contributed by atoms with Crippen molar-refractivity contribution in [1.82, 2.24) is 29.0 Å². The Morgan fingerprint density at radius 1 is 1.26 bits per heavy atom. The summed E-state index contributed by atoms with van der Waals surface area (Å²) in [6.45, 7) is 6.56. The summed E-state index contributed by atoms with van der Waals surface area (Å²) in [6, 6.07) is 2.05. The number of ether oxygens (including phenoxy) is 1. The molecule has 3 aromatic heterocycles. The van der Waals surface area contributed by atoms with E-state index in [0.29, 0.717) is 12.5 Å². The Balaban J connectivity index is 1.27. The van der Waals surface area contributed by atoms with E-state index in [1.54, 1.807) is 6.20 Å². The minimum atomic E-state index is -0.287. The first-order chi connectivity index (χ1) is 15.1. The van der Waals surface area contributed by atoms with E-state index in [2.05, 4.69) is 24.7 Å². The summed E-state index contributed by atoms with van der Waals surface area (Å²) in [6.07, 6.45) is 7.41. The average Bonchev–Trinajstić information content (AvgIpc) is 3.17. The molecule has 1 N–H and O–H groups in total. The summed E-state index contributed by atoms with van der Waals surface area (Å²) < 4.78 is 25.0. The van der Waals surface area contributed by atoms with Crippen LogP contribution in [0, 0.1) is 12.3 Å². The average molecular weight is 444 g/mol. The molecule has 0 aromatic carbocycles. The zero-order valence-electron chi connectivity index (χ0n) is 17.6. The molecule has 0 radical (unpaired) electrons. The van der Waals surface area contributed by atoms with Gasteiger partial charge in [0.25, 0.3) is 0 Å². The Bertz CT molecular complexity index is 1040. The second kappa shape index (κ2) is 8.60. The molecule has 2 aliphatic rings. The highest BCUT2D eigenvalue weighted by atomic mass is 32.1. The fraction of sp³-hybridized carbons (Fsp3) is 0.524. The van der Waals surface area contributed by atoms with Crippen LogP contribution in [-0.4, -0.2) is 62.0 Å². The maximum Gasteiger partial charge on any atom is 0.228 e. The van der Waals surface area contributed by atoms with Gasteiger partial charge in [-0.15, -0.1) is 0 Å². The maximum atomic E-state index is 13.2. The van der Waals surface area contributed by atoms with Crippen molar-refractivity contribution < 1.29 is 9.13 Å². The quantitative estimate of drug-likeness (QED) is 0.571. The van der Waals surface area contributed by atoms with Crippen molar-refractivity contribution in [3.63, 3.8) is 0 Å². The van der Waals surface area contributed by atoms with E-state index in [-0.39, 0.29) is 12.1 Å². The Labute approximate surface area is 184 Å². The van der Waals surface area contributed by atoms with E-state index < -0.39 is 0 Å². The maximum absolute atomic E-state index is 13.2. The van der Waals surface area contributed by atoms with Crippen LogP contribution in [0.3, 0.4) is 0 Å². The number of hydrogen-bond donors (Lipinski definition) is 1. The third-order valence-corrected chi connectivity index (χ3v) is 6.64. The van der Waals surface area contributed by atoms with E-state index in [1.807, 2.05) is 30.1 Å². The van der Waals surface area contributed by atoms with Crippen LogP contribution in [0.4, 0.5) is 15.3 Å². The molecule has 0 spiro atoms. The number of nitrogens with one attached hydrogen (secondary N) is 1. The number of aromatic nitrogens is 5. The van der Waals surface area contributed by atoms with Crippen LogP contribution in [0.5, 0.6) is 0 Å². The predicted molar refractivity (Wildman–Crippen MR) is 117 cm³/mol. The fourth-order valence-electron chi connectivity index (χ4n) is 3.77. The minimum absolute atomic E-state index is 0.207. The van der Waals surface area contributed by atoms with Crippen LogP contribution in [-0.2, 0) is 17.8 Å². The number of halogens is 1. The normalized spacial score (nSPS) is 18.3. The Kier molecular flexibility index (Phi) is 5.68. The minimum Gasteiger partial charge on any atom is -0.379 e. The van der Waals surface area contributed by atoms with E-state index in [4.69, 9.17) is 9.72 Å². The highest BCUT2D eigenvalue weighted by Gasteiger charge is 2.43.